The van der Waals surface area contributed by atoms with Crippen LogP contribution in [0.25, 0.3) is 32.3 Å². The molecule has 90 valence electrons. The maximum absolute atomic E-state index is 13.9. The molecule has 0 saturated heterocycles. The van der Waals surface area contributed by atoms with Crippen LogP contribution in [0.4, 0.5) is 4.39 Å². The molecule has 4 aromatic rings. The van der Waals surface area contributed by atoms with E-state index in [1.54, 1.807) is 6.07 Å². The van der Waals surface area contributed by atoms with E-state index in [4.69, 9.17) is 0 Å². The zero-order valence-electron chi connectivity index (χ0n) is 9.81. The fourth-order valence-corrected chi connectivity index (χ4v) is 3.19. The second-order valence-corrected chi connectivity index (χ2v) is 5.22. The van der Waals surface area contributed by atoms with Crippen LogP contribution in [0.2, 0.25) is 0 Å². The molecule has 0 saturated carbocycles. The largest absolute Gasteiger partial charge is 0.505 e. The minimum Gasteiger partial charge on any atom is -0.206 e. The topological polar surface area (TPSA) is 17.1 Å². The third-order valence-electron chi connectivity index (χ3n) is 3.66. The molecule has 0 unspecified atom stereocenters. The van der Waals surface area contributed by atoms with Crippen LogP contribution in [0.1, 0.15) is 0 Å². The highest BCUT2D eigenvalue weighted by molar-refractivity contribution is 7.66. The third kappa shape index (κ3) is 1.33. The average molecular weight is 267 g/mol. The predicted octanol–water partition coefficient (Wildman–Crippen LogP) is 4.51. The molecular formula is C16H8FOS+. The summed E-state index contributed by atoms with van der Waals surface area (Å²) in [6, 6.07) is 14.6. The van der Waals surface area contributed by atoms with Crippen molar-refractivity contribution >= 4 is 44.0 Å². The number of rotatable bonds is 1. The Labute approximate surface area is 112 Å². The fraction of sp³-hybridized carbons (Fsp3) is 0. The SMILES string of the molecule is O=[S+]c1ccc2ccc3c(F)ccc4ccc1c2c43. The molecule has 1 nitrogen and oxygen atoms in total. The second-order valence-electron chi connectivity index (χ2n) is 4.62. The van der Waals surface area contributed by atoms with Gasteiger partial charge in [-0.2, -0.15) is 0 Å². The van der Waals surface area contributed by atoms with Gasteiger partial charge in [0, 0.05) is 26.4 Å². The lowest BCUT2D eigenvalue weighted by atomic mass is 9.94. The van der Waals surface area contributed by atoms with Crippen molar-refractivity contribution in [2.24, 2.45) is 0 Å². The van der Waals surface area contributed by atoms with E-state index in [2.05, 4.69) is 0 Å². The second kappa shape index (κ2) is 3.68. The van der Waals surface area contributed by atoms with Gasteiger partial charge < -0.3 is 0 Å². The van der Waals surface area contributed by atoms with Crippen molar-refractivity contribution in [2.75, 3.05) is 0 Å². The molecule has 0 fully saturated rings. The van der Waals surface area contributed by atoms with E-state index in [0.717, 1.165) is 26.9 Å². The van der Waals surface area contributed by atoms with E-state index < -0.39 is 0 Å². The molecule has 0 aliphatic rings. The first-order valence-electron chi connectivity index (χ1n) is 5.95. The molecular weight excluding hydrogens is 259 g/mol. The smallest absolute Gasteiger partial charge is 0.206 e. The molecule has 0 radical (unpaired) electrons. The zero-order chi connectivity index (χ0) is 13.0. The normalized spacial score (nSPS) is 11.6. The fourth-order valence-electron chi connectivity index (χ4n) is 2.81. The van der Waals surface area contributed by atoms with Gasteiger partial charge >= 0.3 is 11.7 Å². The number of benzene rings is 4. The van der Waals surface area contributed by atoms with Crippen molar-refractivity contribution in [2.45, 2.75) is 4.90 Å². The van der Waals surface area contributed by atoms with E-state index in [0.29, 0.717) is 21.9 Å². The molecule has 0 spiro atoms. The summed E-state index contributed by atoms with van der Waals surface area (Å²) in [6.45, 7) is 0. The summed E-state index contributed by atoms with van der Waals surface area (Å²) in [5, 5.41) is 5.45. The van der Waals surface area contributed by atoms with Gasteiger partial charge in [0.15, 0.2) is 0 Å². The van der Waals surface area contributed by atoms with E-state index in [-0.39, 0.29) is 5.82 Å². The molecule has 0 aliphatic carbocycles. The van der Waals surface area contributed by atoms with Gasteiger partial charge in [0.05, 0.1) is 5.39 Å². The van der Waals surface area contributed by atoms with Gasteiger partial charge in [0.1, 0.15) is 5.82 Å². The van der Waals surface area contributed by atoms with Crippen LogP contribution in [-0.2, 0) is 15.9 Å². The highest BCUT2D eigenvalue weighted by Crippen LogP contribution is 2.36. The summed E-state index contributed by atoms with van der Waals surface area (Å²) >= 11 is 0.482. The van der Waals surface area contributed by atoms with Gasteiger partial charge in [-0.05, 0) is 29.0 Å². The van der Waals surface area contributed by atoms with E-state index in [1.807, 2.05) is 36.4 Å². The lowest BCUT2D eigenvalue weighted by Crippen LogP contribution is -1.88. The van der Waals surface area contributed by atoms with Crippen molar-refractivity contribution < 1.29 is 8.60 Å². The third-order valence-corrected chi connectivity index (χ3v) is 4.20. The number of halogens is 1. The summed E-state index contributed by atoms with van der Waals surface area (Å²) in [6.07, 6.45) is 0. The van der Waals surface area contributed by atoms with Crippen molar-refractivity contribution in [1.82, 2.24) is 0 Å². The molecule has 19 heavy (non-hydrogen) atoms. The summed E-state index contributed by atoms with van der Waals surface area (Å²) < 4.78 is 25.1. The molecule has 0 bridgehead atoms. The first kappa shape index (κ1) is 10.8. The van der Waals surface area contributed by atoms with Crippen LogP contribution in [-0.4, -0.2) is 0 Å². The summed E-state index contributed by atoms with van der Waals surface area (Å²) in [4.78, 5) is 0.686. The summed E-state index contributed by atoms with van der Waals surface area (Å²) in [5.74, 6) is -0.220. The molecule has 0 aliphatic heterocycles. The Morgan fingerprint density at radius 3 is 2.05 bits per heavy atom. The minimum absolute atomic E-state index is 0.220. The lowest BCUT2D eigenvalue weighted by Gasteiger charge is -2.09. The highest BCUT2D eigenvalue weighted by atomic mass is 32.1. The molecule has 0 amide bonds. The quantitative estimate of drug-likeness (QED) is 0.366. The maximum Gasteiger partial charge on any atom is 0.505 e. The Kier molecular flexibility index (Phi) is 2.09. The Bertz CT molecular complexity index is 946. The standard InChI is InChI=1S/C16H8FOS/c17-13-7-3-9-2-6-12-14(19-18)8-4-10-1-5-11(13)15(9)16(10)12/h1-8H/q+1. The van der Waals surface area contributed by atoms with Crippen molar-refractivity contribution in [3.63, 3.8) is 0 Å². The van der Waals surface area contributed by atoms with Crippen LogP contribution >= 0.6 is 0 Å². The van der Waals surface area contributed by atoms with E-state index in [1.165, 1.54) is 6.07 Å². The molecule has 4 aromatic carbocycles. The Morgan fingerprint density at radius 1 is 0.737 bits per heavy atom. The van der Waals surface area contributed by atoms with Gasteiger partial charge in [0.25, 0.3) is 4.90 Å². The molecule has 0 heterocycles. The van der Waals surface area contributed by atoms with Gasteiger partial charge in [-0.15, -0.1) is 0 Å². The molecule has 4 rings (SSSR count). The Balaban J connectivity index is 2.43. The van der Waals surface area contributed by atoms with Gasteiger partial charge in [0.2, 0.25) is 0 Å². The van der Waals surface area contributed by atoms with Crippen LogP contribution in [0.15, 0.2) is 53.4 Å². The van der Waals surface area contributed by atoms with Crippen molar-refractivity contribution in [3.8, 4) is 0 Å². The van der Waals surface area contributed by atoms with E-state index in [9.17, 15) is 8.60 Å². The minimum atomic E-state index is -0.220. The summed E-state index contributed by atoms with van der Waals surface area (Å²) in [7, 11) is 0. The van der Waals surface area contributed by atoms with Crippen molar-refractivity contribution in [3.05, 3.63) is 54.3 Å². The first-order chi connectivity index (χ1) is 9.29. The molecule has 0 aromatic heterocycles. The van der Waals surface area contributed by atoms with Gasteiger partial charge in [-0.3, -0.25) is 0 Å². The number of hydrogen-bond acceptors (Lipinski definition) is 1. The Hall–Kier alpha value is -2.13. The van der Waals surface area contributed by atoms with Crippen LogP contribution in [0.5, 0.6) is 0 Å². The first-order valence-corrected chi connectivity index (χ1v) is 6.69. The van der Waals surface area contributed by atoms with Crippen LogP contribution in [0.3, 0.4) is 0 Å². The zero-order valence-corrected chi connectivity index (χ0v) is 10.6. The maximum atomic E-state index is 13.9. The number of hydrogen-bond donors (Lipinski definition) is 0. The highest BCUT2D eigenvalue weighted by Gasteiger charge is 2.17. The lowest BCUT2D eigenvalue weighted by molar-refractivity contribution is 0.605. The molecule has 0 atom stereocenters. The summed E-state index contributed by atoms with van der Waals surface area (Å²) in [5.41, 5.74) is 0. The van der Waals surface area contributed by atoms with Gasteiger partial charge in [-0.25, -0.2) is 4.39 Å². The average Bonchev–Trinajstić information content (AvgIpc) is 2.46. The van der Waals surface area contributed by atoms with E-state index >= 15 is 0 Å². The van der Waals surface area contributed by atoms with Gasteiger partial charge in [-0.1, -0.05) is 24.3 Å². The Morgan fingerprint density at radius 2 is 1.32 bits per heavy atom. The monoisotopic (exact) mass is 267 g/mol. The molecule has 0 N–H and O–H groups in total. The van der Waals surface area contributed by atoms with Crippen molar-refractivity contribution in [1.29, 1.82) is 0 Å². The van der Waals surface area contributed by atoms with Crippen LogP contribution in [0, 0.1) is 5.82 Å². The molecule has 3 heteroatoms. The predicted molar refractivity (Wildman–Crippen MR) is 76.4 cm³/mol. The van der Waals surface area contributed by atoms with Crippen LogP contribution < -0.4 is 0 Å².